The van der Waals surface area contributed by atoms with Gasteiger partial charge in [-0.1, -0.05) is 25.1 Å². The number of urea groups is 1. The van der Waals surface area contributed by atoms with Gasteiger partial charge in [0.2, 0.25) is 5.91 Å². The molecule has 1 saturated heterocycles. The summed E-state index contributed by atoms with van der Waals surface area (Å²) in [4.78, 5) is 27.4. The zero-order valence-electron chi connectivity index (χ0n) is 15.1. The lowest BCUT2D eigenvalue weighted by Gasteiger charge is -2.40. The molecule has 6 heteroatoms. The Hall–Kier alpha value is -2.24. The van der Waals surface area contributed by atoms with Gasteiger partial charge in [-0.25, -0.2) is 4.79 Å². The molecular weight excluding hydrogens is 306 g/mol. The number of carbonyl (C=O) groups is 2. The lowest BCUT2D eigenvalue weighted by molar-refractivity contribution is -0.130. The van der Waals surface area contributed by atoms with Crippen molar-refractivity contribution in [2.75, 3.05) is 27.2 Å². The molecule has 1 aliphatic heterocycles. The van der Waals surface area contributed by atoms with E-state index in [0.29, 0.717) is 19.5 Å². The van der Waals surface area contributed by atoms with Crippen molar-refractivity contribution in [3.05, 3.63) is 29.3 Å². The van der Waals surface area contributed by atoms with Gasteiger partial charge in [0.05, 0.1) is 13.1 Å². The average Bonchev–Trinajstić information content (AvgIpc) is 2.49. The van der Waals surface area contributed by atoms with Crippen LogP contribution < -0.4 is 10.1 Å². The second-order valence-corrected chi connectivity index (χ2v) is 6.51. The minimum absolute atomic E-state index is 0.000164. The standard InChI is InChI=1S/C18H27N3O3/c1-6-15(17(22)20(4)5)19-18(23)21-10-14(11-21)24-16-12(2)8-7-9-13(16)3/h7-9,14-15H,6,10-11H2,1-5H3,(H,19,23). The predicted octanol–water partition coefficient (Wildman–Crippen LogP) is 1.94. The van der Waals surface area contributed by atoms with Gasteiger partial charge in [-0.05, 0) is 31.4 Å². The molecule has 1 atom stereocenters. The summed E-state index contributed by atoms with van der Waals surface area (Å²) >= 11 is 0. The van der Waals surface area contributed by atoms with E-state index in [1.54, 1.807) is 19.0 Å². The molecule has 3 amide bonds. The van der Waals surface area contributed by atoms with Gasteiger partial charge < -0.3 is 19.9 Å². The van der Waals surface area contributed by atoms with E-state index >= 15 is 0 Å². The Morgan fingerprint density at radius 1 is 1.29 bits per heavy atom. The first-order valence-corrected chi connectivity index (χ1v) is 8.33. The first-order chi connectivity index (χ1) is 11.3. The van der Waals surface area contributed by atoms with Crippen LogP contribution in [-0.2, 0) is 4.79 Å². The minimum atomic E-state index is -0.480. The van der Waals surface area contributed by atoms with E-state index < -0.39 is 6.04 Å². The quantitative estimate of drug-likeness (QED) is 0.896. The van der Waals surface area contributed by atoms with Crippen LogP contribution in [0.15, 0.2) is 18.2 Å². The van der Waals surface area contributed by atoms with E-state index in [2.05, 4.69) is 5.32 Å². The van der Waals surface area contributed by atoms with Crippen molar-refractivity contribution in [3.63, 3.8) is 0 Å². The number of hydrogen-bond donors (Lipinski definition) is 1. The van der Waals surface area contributed by atoms with Crippen LogP contribution in [0.4, 0.5) is 4.79 Å². The number of nitrogens with zero attached hydrogens (tertiary/aromatic N) is 2. The highest BCUT2D eigenvalue weighted by molar-refractivity contribution is 5.87. The number of nitrogens with one attached hydrogen (secondary N) is 1. The van der Waals surface area contributed by atoms with Crippen molar-refractivity contribution < 1.29 is 14.3 Å². The molecule has 0 radical (unpaired) electrons. The van der Waals surface area contributed by atoms with Crippen LogP contribution in [0, 0.1) is 13.8 Å². The fraction of sp³-hybridized carbons (Fsp3) is 0.556. The average molecular weight is 333 g/mol. The Balaban J connectivity index is 1.85. The fourth-order valence-electron chi connectivity index (χ4n) is 2.72. The summed E-state index contributed by atoms with van der Waals surface area (Å²) in [6.07, 6.45) is 0.569. The summed E-state index contributed by atoms with van der Waals surface area (Å²) in [5.74, 6) is 0.812. The first-order valence-electron chi connectivity index (χ1n) is 8.33. The second kappa shape index (κ2) is 7.55. The van der Waals surface area contributed by atoms with Crippen LogP contribution in [0.25, 0.3) is 0 Å². The van der Waals surface area contributed by atoms with Gasteiger partial charge in [0.25, 0.3) is 0 Å². The minimum Gasteiger partial charge on any atom is -0.486 e. The summed E-state index contributed by atoms with van der Waals surface area (Å²) in [6, 6.07) is 5.35. The monoisotopic (exact) mass is 333 g/mol. The molecule has 1 N–H and O–H groups in total. The number of para-hydroxylation sites is 1. The maximum atomic E-state index is 12.2. The van der Waals surface area contributed by atoms with Gasteiger partial charge >= 0.3 is 6.03 Å². The van der Waals surface area contributed by atoms with Crippen LogP contribution in [0.5, 0.6) is 5.75 Å². The van der Waals surface area contributed by atoms with Crippen molar-refractivity contribution in [1.82, 2.24) is 15.1 Å². The van der Waals surface area contributed by atoms with Gasteiger partial charge in [0, 0.05) is 14.1 Å². The summed E-state index contributed by atoms with van der Waals surface area (Å²) in [5, 5.41) is 2.80. The zero-order valence-corrected chi connectivity index (χ0v) is 15.1. The van der Waals surface area contributed by atoms with Crippen molar-refractivity contribution in [2.24, 2.45) is 0 Å². The molecule has 1 heterocycles. The van der Waals surface area contributed by atoms with E-state index in [0.717, 1.165) is 16.9 Å². The molecule has 0 bridgehead atoms. The van der Waals surface area contributed by atoms with Gasteiger partial charge in [-0.15, -0.1) is 0 Å². The molecule has 6 nitrogen and oxygen atoms in total. The summed E-state index contributed by atoms with van der Waals surface area (Å²) < 4.78 is 6.01. The fourth-order valence-corrected chi connectivity index (χ4v) is 2.72. The molecule has 0 spiro atoms. The smallest absolute Gasteiger partial charge is 0.318 e. The molecule has 132 valence electrons. The van der Waals surface area contributed by atoms with Gasteiger partial charge in [-0.2, -0.15) is 0 Å². The largest absolute Gasteiger partial charge is 0.486 e. The third kappa shape index (κ3) is 3.99. The first kappa shape index (κ1) is 18.1. The number of carbonyl (C=O) groups excluding carboxylic acids is 2. The summed E-state index contributed by atoms with van der Waals surface area (Å²) in [6.45, 7) is 6.99. The highest BCUT2D eigenvalue weighted by Crippen LogP contribution is 2.26. The number of likely N-dealkylation sites (tertiary alicyclic amines) is 1. The predicted molar refractivity (Wildman–Crippen MR) is 93.2 cm³/mol. The van der Waals surface area contributed by atoms with Crippen LogP contribution in [0.1, 0.15) is 24.5 Å². The van der Waals surface area contributed by atoms with E-state index in [1.807, 2.05) is 39.0 Å². The topological polar surface area (TPSA) is 61.9 Å². The molecule has 2 rings (SSSR count). The van der Waals surface area contributed by atoms with Crippen molar-refractivity contribution >= 4 is 11.9 Å². The zero-order chi connectivity index (χ0) is 17.9. The molecule has 0 aromatic heterocycles. The third-order valence-electron chi connectivity index (χ3n) is 4.27. The molecular formula is C18H27N3O3. The summed E-state index contributed by atoms with van der Waals surface area (Å²) in [5.41, 5.74) is 2.20. The lowest BCUT2D eigenvalue weighted by Crippen LogP contribution is -2.61. The van der Waals surface area contributed by atoms with Crippen LogP contribution >= 0.6 is 0 Å². The summed E-state index contributed by atoms with van der Waals surface area (Å²) in [7, 11) is 3.38. The number of aryl methyl sites for hydroxylation is 2. The molecule has 0 aliphatic carbocycles. The lowest BCUT2D eigenvalue weighted by atomic mass is 10.1. The maximum absolute atomic E-state index is 12.2. The molecule has 0 saturated carbocycles. The normalized spacial score (nSPS) is 15.5. The Bertz CT molecular complexity index is 589. The Morgan fingerprint density at radius 2 is 1.88 bits per heavy atom. The third-order valence-corrected chi connectivity index (χ3v) is 4.27. The molecule has 1 aromatic carbocycles. The SMILES string of the molecule is CCC(NC(=O)N1CC(Oc2c(C)cccc2C)C1)C(=O)N(C)C. The van der Waals surface area contributed by atoms with Gasteiger partial charge in [0.15, 0.2) is 0 Å². The van der Waals surface area contributed by atoms with Gasteiger partial charge in [-0.3, -0.25) is 4.79 Å². The molecule has 1 unspecified atom stereocenters. The number of amides is 3. The number of ether oxygens (including phenoxy) is 1. The van der Waals surface area contributed by atoms with Crippen LogP contribution in [0.3, 0.4) is 0 Å². The number of likely N-dealkylation sites (N-methyl/N-ethyl adjacent to an activating group) is 1. The van der Waals surface area contributed by atoms with Crippen molar-refractivity contribution in [3.8, 4) is 5.75 Å². The number of hydrogen-bond acceptors (Lipinski definition) is 3. The molecule has 1 aliphatic rings. The van der Waals surface area contributed by atoms with E-state index in [1.165, 1.54) is 4.90 Å². The van der Waals surface area contributed by atoms with Crippen LogP contribution in [-0.4, -0.2) is 61.1 Å². The van der Waals surface area contributed by atoms with E-state index in [9.17, 15) is 9.59 Å². The van der Waals surface area contributed by atoms with E-state index in [-0.39, 0.29) is 18.0 Å². The highest BCUT2D eigenvalue weighted by atomic mass is 16.5. The van der Waals surface area contributed by atoms with Gasteiger partial charge in [0.1, 0.15) is 17.9 Å². The Kier molecular flexibility index (Phi) is 5.70. The Labute approximate surface area is 143 Å². The molecule has 24 heavy (non-hydrogen) atoms. The van der Waals surface area contributed by atoms with Crippen molar-refractivity contribution in [2.45, 2.75) is 39.3 Å². The highest BCUT2D eigenvalue weighted by Gasteiger charge is 2.34. The maximum Gasteiger partial charge on any atom is 0.318 e. The van der Waals surface area contributed by atoms with Crippen LogP contribution in [0.2, 0.25) is 0 Å². The number of benzene rings is 1. The second-order valence-electron chi connectivity index (χ2n) is 6.51. The Morgan fingerprint density at radius 3 is 2.38 bits per heavy atom. The van der Waals surface area contributed by atoms with Crippen molar-refractivity contribution in [1.29, 1.82) is 0 Å². The molecule has 1 fully saturated rings. The van der Waals surface area contributed by atoms with E-state index in [4.69, 9.17) is 4.74 Å². The molecule has 1 aromatic rings. The number of rotatable bonds is 5.